The lowest BCUT2D eigenvalue weighted by Gasteiger charge is -2.41. The number of anilines is 4. The zero-order valence-corrected chi connectivity index (χ0v) is 20.1. The third-order valence-corrected chi connectivity index (χ3v) is 8.08. The van der Waals surface area contributed by atoms with Crippen molar-refractivity contribution in [3.05, 3.63) is 53.4 Å². The first-order valence-electron chi connectivity index (χ1n) is 12.3. The molecule has 0 radical (unpaired) electrons. The fraction of sp³-hybridized carbons (Fsp3) is 0.423. The van der Waals surface area contributed by atoms with Gasteiger partial charge in [0.2, 0.25) is 0 Å². The van der Waals surface area contributed by atoms with Gasteiger partial charge < -0.3 is 30.3 Å². The summed E-state index contributed by atoms with van der Waals surface area (Å²) in [5, 5.41) is 4.11. The summed E-state index contributed by atoms with van der Waals surface area (Å²) in [6, 6.07) is 17.0. The normalized spacial score (nSPS) is 19.5. The molecule has 7 nitrogen and oxygen atoms in total. The third kappa shape index (κ3) is 4.40. The summed E-state index contributed by atoms with van der Waals surface area (Å²) in [5.74, 6) is 1.88. The summed E-state index contributed by atoms with van der Waals surface area (Å²) in [4.78, 5) is 10.5. The van der Waals surface area contributed by atoms with Crippen LogP contribution in [0.2, 0.25) is 0 Å². The second kappa shape index (κ2) is 9.35. The molecule has 1 aromatic heterocycles. The predicted molar refractivity (Wildman–Crippen MR) is 137 cm³/mol. The van der Waals surface area contributed by atoms with Crippen LogP contribution in [0.25, 0.3) is 0 Å². The smallest absolute Gasteiger partial charge is 0.280 e. The van der Waals surface area contributed by atoms with Crippen molar-refractivity contribution in [1.29, 1.82) is 0 Å². The van der Waals surface area contributed by atoms with Crippen LogP contribution in [0.3, 0.4) is 0 Å². The van der Waals surface area contributed by atoms with E-state index < -0.39 is 6.29 Å². The minimum Gasteiger partial charge on any atom is -0.446 e. The molecule has 34 heavy (non-hydrogen) atoms. The number of nitrogens with two attached hydrogens (primary N) is 1. The highest BCUT2D eigenvalue weighted by Gasteiger charge is 2.30. The molecule has 0 aliphatic carbocycles. The van der Waals surface area contributed by atoms with E-state index in [-0.39, 0.29) is 0 Å². The van der Waals surface area contributed by atoms with E-state index in [1.165, 1.54) is 62.2 Å². The summed E-state index contributed by atoms with van der Waals surface area (Å²) in [6.45, 7) is 4.84. The van der Waals surface area contributed by atoms with E-state index in [2.05, 4.69) is 44.4 Å². The molecular formula is C26H31N5O2S. The van der Waals surface area contributed by atoms with Gasteiger partial charge in [0.15, 0.2) is 16.6 Å². The molecule has 3 aliphatic heterocycles. The maximum atomic E-state index is 6.19. The maximum Gasteiger partial charge on any atom is 0.280 e. The van der Waals surface area contributed by atoms with Crippen molar-refractivity contribution >= 4 is 33.7 Å². The Morgan fingerprint density at radius 1 is 0.882 bits per heavy atom. The van der Waals surface area contributed by atoms with Crippen molar-refractivity contribution in [3.8, 4) is 11.5 Å². The Hall–Kier alpha value is -2.97. The number of fused-ring (bicyclic) bond motifs is 1. The Morgan fingerprint density at radius 3 is 2.24 bits per heavy atom. The van der Waals surface area contributed by atoms with Gasteiger partial charge in [-0.15, -0.1) is 0 Å². The molecule has 178 valence electrons. The minimum atomic E-state index is -0.555. The molecule has 3 aromatic rings. The lowest BCUT2D eigenvalue weighted by Crippen LogP contribution is -2.46. The highest BCUT2D eigenvalue weighted by molar-refractivity contribution is 7.16. The van der Waals surface area contributed by atoms with Crippen molar-refractivity contribution < 1.29 is 9.47 Å². The Morgan fingerprint density at radius 2 is 1.56 bits per heavy atom. The molecule has 0 unspecified atom stereocenters. The van der Waals surface area contributed by atoms with Gasteiger partial charge in [-0.2, -0.15) is 0 Å². The van der Waals surface area contributed by atoms with Crippen LogP contribution in [0.1, 0.15) is 43.3 Å². The molecule has 0 amide bonds. The number of nitrogens with one attached hydrogen (secondary N) is 1. The molecule has 8 heteroatoms. The van der Waals surface area contributed by atoms with Crippen LogP contribution in [0.4, 0.5) is 22.3 Å². The topological polar surface area (TPSA) is 75.9 Å². The minimum absolute atomic E-state index is 0.429. The fourth-order valence-corrected chi connectivity index (χ4v) is 6.09. The molecule has 3 aliphatic rings. The summed E-state index contributed by atoms with van der Waals surface area (Å²) in [6.07, 6.45) is 6.11. The number of ether oxygens (including phenoxy) is 2. The van der Waals surface area contributed by atoms with E-state index in [0.29, 0.717) is 5.82 Å². The number of aromatic nitrogens is 1. The molecule has 0 saturated carbocycles. The second-order valence-electron chi connectivity index (χ2n) is 9.27. The van der Waals surface area contributed by atoms with Gasteiger partial charge in [0.1, 0.15) is 10.7 Å². The van der Waals surface area contributed by atoms with Gasteiger partial charge in [0.25, 0.3) is 6.29 Å². The molecular weight excluding hydrogens is 446 g/mol. The van der Waals surface area contributed by atoms with Gasteiger partial charge in [-0.25, -0.2) is 4.98 Å². The largest absolute Gasteiger partial charge is 0.446 e. The van der Waals surface area contributed by atoms with Crippen LogP contribution in [-0.4, -0.2) is 42.1 Å². The van der Waals surface area contributed by atoms with E-state index in [9.17, 15) is 0 Å². The van der Waals surface area contributed by atoms with Gasteiger partial charge in [0.05, 0.1) is 0 Å². The number of rotatable bonds is 5. The predicted octanol–water partition coefficient (Wildman–Crippen LogP) is 5.39. The molecule has 0 atom stereocenters. The Kier molecular flexibility index (Phi) is 5.93. The van der Waals surface area contributed by atoms with Gasteiger partial charge in [-0.1, -0.05) is 29.9 Å². The van der Waals surface area contributed by atoms with Gasteiger partial charge in [-0.3, -0.25) is 0 Å². The summed E-state index contributed by atoms with van der Waals surface area (Å²) < 4.78 is 11.8. The van der Waals surface area contributed by atoms with Crippen LogP contribution in [0, 0.1) is 0 Å². The molecule has 6 rings (SSSR count). The first kappa shape index (κ1) is 21.6. The number of hydrogen-bond acceptors (Lipinski definition) is 8. The van der Waals surface area contributed by atoms with Gasteiger partial charge in [0, 0.05) is 30.5 Å². The number of nitrogen functional groups attached to an aromatic ring is 1. The van der Waals surface area contributed by atoms with E-state index in [1.54, 1.807) is 0 Å². The molecule has 0 bridgehead atoms. The fourth-order valence-electron chi connectivity index (χ4n) is 5.22. The number of hydrogen-bond donors (Lipinski definition) is 2. The molecule has 2 fully saturated rings. The number of para-hydroxylation sites is 2. The number of thiazole rings is 1. The van der Waals surface area contributed by atoms with Crippen molar-refractivity contribution in [2.75, 3.05) is 42.1 Å². The highest BCUT2D eigenvalue weighted by atomic mass is 32.1. The average molecular weight is 478 g/mol. The van der Waals surface area contributed by atoms with E-state index in [1.807, 2.05) is 24.3 Å². The third-order valence-electron chi connectivity index (χ3n) is 7.07. The van der Waals surface area contributed by atoms with E-state index in [4.69, 9.17) is 15.2 Å². The Balaban J connectivity index is 1.06. The lowest BCUT2D eigenvalue weighted by atomic mass is 9.99. The van der Waals surface area contributed by atoms with Gasteiger partial charge >= 0.3 is 0 Å². The van der Waals surface area contributed by atoms with Crippen LogP contribution in [0.15, 0.2) is 48.5 Å². The van der Waals surface area contributed by atoms with Crippen molar-refractivity contribution in [2.24, 2.45) is 0 Å². The zero-order chi connectivity index (χ0) is 22.9. The van der Waals surface area contributed by atoms with Crippen molar-refractivity contribution in [3.63, 3.8) is 0 Å². The summed E-state index contributed by atoms with van der Waals surface area (Å²) in [5.41, 5.74) is 8.46. The first-order valence-corrected chi connectivity index (χ1v) is 13.1. The SMILES string of the molecule is Nc1nc(Nc2ccc(N3CCC(N4CCCCC4)CC3)cc2)sc1C1Oc2ccccc2O1. The summed E-state index contributed by atoms with van der Waals surface area (Å²) >= 11 is 1.46. The average Bonchev–Trinajstić information content (AvgIpc) is 3.48. The van der Waals surface area contributed by atoms with Crippen LogP contribution >= 0.6 is 11.3 Å². The van der Waals surface area contributed by atoms with Crippen LogP contribution in [0.5, 0.6) is 11.5 Å². The monoisotopic (exact) mass is 477 g/mol. The lowest BCUT2D eigenvalue weighted by molar-refractivity contribution is 0.0525. The van der Waals surface area contributed by atoms with Crippen LogP contribution < -0.4 is 25.4 Å². The molecule has 0 spiro atoms. The van der Waals surface area contributed by atoms with E-state index in [0.717, 1.165) is 46.3 Å². The Bertz CT molecular complexity index is 1100. The standard InChI is InChI=1S/C26H31N5O2S/c27-24-23(25-32-21-6-2-3-7-22(21)33-25)34-26(29-24)28-18-8-10-19(11-9-18)31-16-12-20(13-17-31)30-14-4-1-5-15-30/h2-3,6-11,20,25H,1,4-5,12-17,27H2,(H,28,29). The number of benzene rings is 2. The number of piperidine rings is 2. The first-order chi connectivity index (χ1) is 16.7. The molecule has 3 N–H and O–H groups in total. The number of nitrogens with zero attached hydrogens (tertiary/aromatic N) is 3. The highest BCUT2D eigenvalue weighted by Crippen LogP contribution is 2.44. The maximum absolute atomic E-state index is 6.19. The Labute approximate surface area is 204 Å². The van der Waals surface area contributed by atoms with Crippen molar-refractivity contribution in [1.82, 2.24) is 9.88 Å². The molecule has 4 heterocycles. The van der Waals surface area contributed by atoms with E-state index >= 15 is 0 Å². The second-order valence-corrected chi connectivity index (χ2v) is 10.3. The zero-order valence-electron chi connectivity index (χ0n) is 19.3. The van der Waals surface area contributed by atoms with Crippen LogP contribution in [-0.2, 0) is 0 Å². The summed E-state index contributed by atoms with van der Waals surface area (Å²) in [7, 11) is 0. The van der Waals surface area contributed by atoms with Crippen molar-refractivity contribution in [2.45, 2.75) is 44.4 Å². The number of likely N-dealkylation sites (tertiary alicyclic amines) is 1. The molecule has 2 saturated heterocycles. The van der Waals surface area contributed by atoms with Gasteiger partial charge in [-0.05, 0) is 75.2 Å². The quantitative estimate of drug-likeness (QED) is 0.510. The molecule has 2 aromatic carbocycles.